The van der Waals surface area contributed by atoms with Crippen LogP contribution in [-0.4, -0.2) is 49.8 Å². The quantitative estimate of drug-likeness (QED) is 0.667. The van der Waals surface area contributed by atoms with Crippen molar-refractivity contribution in [3.8, 4) is 0 Å². The van der Waals surface area contributed by atoms with Gasteiger partial charge in [-0.2, -0.15) is 0 Å². The van der Waals surface area contributed by atoms with E-state index < -0.39 is 0 Å². The molecule has 112 valence electrons. The van der Waals surface area contributed by atoms with Gasteiger partial charge >= 0.3 is 0 Å². The van der Waals surface area contributed by atoms with Crippen molar-refractivity contribution in [3.63, 3.8) is 0 Å². The number of carbonyl (C=O) groups excluding carboxylic acids is 1. The first kappa shape index (κ1) is 16.4. The second kappa shape index (κ2) is 8.54. The van der Waals surface area contributed by atoms with E-state index >= 15 is 0 Å². The van der Waals surface area contributed by atoms with Crippen LogP contribution in [0.25, 0.3) is 0 Å². The summed E-state index contributed by atoms with van der Waals surface area (Å²) in [7, 11) is 0. The number of hydrogen-bond donors (Lipinski definition) is 0. The van der Waals surface area contributed by atoms with Crippen LogP contribution in [0.15, 0.2) is 0 Å². The van der Waals surface area contributed by atoms with Crippen LogP contribution in [0.5, 0.6) is 0 Å². The lowest BCUT2D eigenvalue weighted by atomic mass is 9.87. The molecule has 1 saturated heterocycles. The van der Waals surface area contributed by atoms with Crippen LogP contribution < -0.4 is 0 Å². The summed E-state index contributed by atoms with van der Waals surface area (Å²) in [5.74, 6) is 1.61. The van der Waals surface area contributed by atoms with Gasteiger partial charge in [-0.1, -0.05) is 13.8 Å². The predicted molar refractivity (Wildman–Crippen MR) is 76.0 cm³/mol. The molecule has 1 heterocycles. The number of amides is 1. The van der Waals surface area contributed by atoms with Crippen LogP contribution in [0, 0.1) is 11.8 Å². The highest BCUT2D eigenvalue weighted by molar-refractivity contribution is 5.77. The molecule has 0 aromatic rings. The van der Waals surface area contributed by atoms with Crippen molar-refractivity contribution in [2.45, 2.75) is 46.6 Å². The van der Waals surface area contributed by atoms with Gasteiger partial charge in [-0.15, -0.1) is 0 Å². The van der Waals surface area contributed by atoms with Gasteiger partial charge in [-0.05, 0) is 38.5 Å². The Kier molecular flexibility index (Phi) is 7.39. The minimum absolute atomic E-state index is 0.117. The van der Waals surface area contributed by atoms with E-state index in [1.807, 2.05) is 18.7 Å². The molecule has 0 saturated carbocycles. The summed E-state index contributed by atoms with van der Waals surface area (Å²) in [6.45, 7) is 11.5. The molecule has 1 fully saturated rings. The molecule has 0 unspecified atom stereocenters. The fourth-order valence-corrected chi connectivity index (χ4v) is 2.41. The Hall–Kier alpha value is -0.610. The maximum Gasteiger partial charge on any atom is 0.248 e. The summed E-state index contributed by atoms with van der Waals surface area (Å²) in [6.07, 6.45) is 2.47. The lowest BCUT2D eigenvalue weighted by Gasteiger charge is -2.33. The molecule has 0 aromatic carbocycles. The molecule has 1 aliphatic heterocycles. The van der Waals surface area contributed by atoms with Crippen molar-refractivity contribution in [3.05, 3.63) is 0 Å². The summed E-state index contributed by atoms with van der Waals surface area (Å²) in [4.78, 5) is 13.9. The van der Waals surface area contributed by atoms with Crippen LogP contribution in [0.1, 0.15) is 40.5 Å². The van der Waals surface area contributed by atoms with Crippen LogP contribution in [0.4, 0.5) is 0 Å². The molecule has 4 nitrogen and oxygen atoms in total. The fourth-order valence-electron chi connectivity index (χ4n) is 2.41. The Bertz CT molecular complexity index is 258. The smallest absolute Gasteiger partial charge is 0.248 e. The molecule has 4 heteroatoms. The number of likely N-dealkylation sites (tertiary alicyclic amines) is 1. The second-order valence-electron chi connectivity index (χ2n) is 5.93. The maximum atomic E-state index is 11.9. The average molecular weight is 271 g/mol. The van der Waals surface area contributed by atoms with Gasteiger partial charge in [0.2, 0.25) is 5.91 Å². The highest BCUT2D eigenvalue weighted by atomic mass is 16.5. The first-order chi connectivity index (χ1) is 9.00. The van der Waals surface area contributed by atoms with Gasteiger partial charge in [0.1, 0.15) is 6.61 Å². The molecule has 0 N–H and O–H groups in total. The Balaban J connectivity index is 2.11. The predicted octanol–water partition coefficient (Wildman–Crippen LogP) is 2.32. The standard InChI is InChI=1S/C15H29NO3/c1-12(2)14-5-7-16(8-6-14)15(17)11-18-9-10-19-13(3)4/h12-14H,5-11H2,1-4H3. The Labute approximate surface area is 117 Å². The molecule has 1 aliphatic rings. The summed E-state index contributed by atoms with van der Waals surface area (Å²) >= 11 is 0. The van der Waals surface area contributed by atoms with Gasteiger partial charge in [-0.3, -0.25) is 4.79 Å². The van der Waals surface area contributed by atoms with Crippen LogP contribution in [0.3, 0.4) is 0 Å². The van der Waals surface area contributed by atoms with E-state index in [2.05, 4.69) is 13.8 Å². The molecule has 0 aromatic heterocycles. The van der Waals surface area contributed by atoms with Crippen molar-refractivity contribution >= 4 is 5.91 Å². The highest BCUT2D eigenvalue weighted by Gasteiger charge is 2.24. The zero-order valence-corrected chi connectivity index (χ0v) is 12.9. The van der Waals surface area contributed by atoms with Crippen LogP contribution in [-0.2, 0) is 14.3 Å². The summed E-state index contributed by atoms with van der Waals surface area (Å²) in [6, 6.07) is 0. The molecular formula is C15H29NO3. The summed E-state index contributed by atoms with van der Waals surface area (Å²) in [5.41, 5.74) is 0. The zero-order valence-electron chi connectivity index (χ0n) is 12.9. The SMILES string of the molecule is CC(C)OCCOCC(=O)N1CCC(C(C)C)CC1. The summed E-state index contributed by atoms with van der Waals surface area (Å²) < 4.78 is 10.7. The van der Waals surface area contributed by atoms with Gasteiger partial charge in [0.15, 0.2) is 0 Å². The molecule has 0 atom stereocenters. The monoisotopic (exact) mass is 271 g/mol. The Morgan fingerprint density at radius 3 is 2.32 bits per heavy atom. The van der Waals surface area contributed by atoms with E-state index in [0.29, 0.717) is 13.2 Å². The number of hydrogen-bond acceptors (Lipinski definition) is 3. The molecular weight excluding hydrogens is 242 g/mol. The fraction of sp³-hybridized carbons (Fsp3) is 0.933. The normalized spacial score (nSPS) is 17.5. The topological polar surface area (TPSA) is 38.8 Å². The Morgan fingerprint density at radius 2 is 1.79 bits per heavy atom. The maximum absolute atomic E-state index is 11.9. The largest absolute Gasteiger partial charge is 0.376 e. The highest BCUT2D eigenvalue weighted by Crippen LogP contribution is 2.24. The van der Waals surface area contributed by atoms with Gasteiger partial charge in [-0.25, -0.2) is 0 Å². The van der Waals surface area contributed by atoms with Crippen molar-refractivity contribution < 1.29 is 14.3 Å². The lowest BCUT2D eigenvalue weighted by molar-refractivity contribution is -0.138. The first-order valence-electron chi connectivity index (χ1n) is 7.47. The van der Waals surface area contributed by atoms with Gasteiger partial charge in [0.25, 0.3) is 0 Å². The number of nitrogens with zero attached hydrogens (tertiary/aromatic N) is 1. The van der Waals surface area contributed by atoms with E-state index in [1.165, 1.54) is 0 Å². The summed E-state index contributed by atoms with van der Waals surface area (Å²) in [5, 5.41) is 0. The Morgan fingerprint density at radius 1 is 1.16 bits per heavy atom. The molecule has 0 spiro atoms. The second-order valence-corrected chi connectivity index (χ2v) is 5.93. The van der Waals surface area contributed by atoms with Gasteiger partial charge in [0, 0.05) is 13.1 Å². The van der Waals surface area contributed by atoms with Crippen molar-refractivity contribution in [1.29, 1.82) is 0 Å². The molecule has 0 radical (unpaired) electrons. The van der Waals surface area contributed by atoms with E-state index in [1.54, 1.807) is 0 Å². The minimum Gasteiger partial charge on any atom is -0.376 e. The lowest BCUT2D eigenvalue weighted by Crippen LogP contribution is -2.41. The molecule has 1 rings (SSSR count). The van der Waals surface area contributed by atoms with E-state index in [-0.39, 0.29) is 18.6 Å². The van der Waals surface area contributed by atoms with Crippen molar-refractivity contribution in [1.82, 2.24) is 4.90 Å². The third-order valence-corrected chi connectivity index (χ3v) is 3.74. The molecule has 0 aliphatic carbocycles. The third-order valence-electron chi connectivity index (χ3n) is 3.74. The minimum atomic E-state index is 0.117. The zero-order chi connectivity index (χ0) is 14.3. The molecule has 1 amide bonds. The van der Waals surface area contributed by atoms with Gasteiger partial charge in [0.05, 0.1) is 19.3 Å². The van der Waals surface area contributed by atoms with Crippen LogP contribution in [0.2, 0.25) is 0 Å². The van der Waals surface area contributed by atoms with Gasteiger partial charge < -0.3 is 14.4 Å². The third kappa shape index (κ3) is 6.39. The van der Waals surface area contributed by atoms with Crippen molar-refractivity contribution in [2.24, 2.45) is 11.8 Å². The molecule has 0 bridgehead atoms. The number of ether oxygens (including phenoxy) is 2. The van der Waals surface area contributed by atoms with E-state index in [4.69, 9.17) is 9.47 Å². The van der Waals surface area contributed by atoms with Crippen molar-refractivity contribution in [2.75, 3.05) is 32.9 Å². The van der Waals surface area contributed by atoms with E-state index in [9.17, 15) is 4.79 Å². The van der Waals surface area contributed by atoms with E-state index in [0.717, 1.165) is 37.8 Å². The average Bonchev–Trinajstić information content (AvgIpc) is 2.37. The number of carbonyl (C=O) groups is 1. The number of piperidine rings is 1. The molecule has 19 heavy (non-hydrogen) atoms. The van der Waals surface area contributed by atoms with Crippen LogP contribution >= 0.6 is 0 Å². The number of rotatable bonds is 7. The first-order valence-corrected chi connectivity index (χ1v) is 7.47.